The third-order valence-electron chi connectivity index (χ3n) is 4.59. The molecule has 0 radical (unpaired) electrons. The Hall–Kier alpha value is -1.64. The summed E-state index contributed by atoms with van der Waals surface area (Å²) in [5.41, 5.74) is 5.53. The number of hydrogen-bond acceptors (Lipinski definition) is 2. The van der Waals surface area contributed by atoms with Gasteiger partial charge in [-0.15, -0.1) is 0 Å². The van der Waals surface area contributed by atoms with Crippen molar-refractivity contribution in [3.8, 4) is 0 Å². The molecule has 0 atom stereocenters. The molecular weight excluding hydrogens is 280 g/mol. The average Bonchev–Trinajstić information content (AvgIpc) is 2.55. The van der Waals surface area contributed by atoms with Crippen molar-refractivity contribution in [2.24, 2.45) is 0 Å². The standard InChI is InChI=1S/C21H28N2/c1-18-13-19(2)15-21(14-18)17-23(22-11-7-4-8-12-22)16-20-9-5-3-6-10-20/h3,5-6,9-10,13-15H,4,7-8,11-12,16-17H2,1-2H3. The summed E-state index contributed by atoms with van der Waals surface area (Å²) in [4.78, 5) is 0. The van der Waals surface area contributed by atoms with Crippen LogP contribution >= 0.6 is 0 Å². The van der Waals surface area contributed by atoms with Gasteiger partial charge in [-0.3, -0.25) is 0 Å². The van der Waals surface area contributed by atoms with E-state index in [4.69, 9.17) is 0 Å². The van der Waals surface area contributed by atoms with Gasteiger partial charge in [-0.25, -0.2) is 10.0 Å². The van der Waals surface area contributed by atoms with Crippen LogP contribution in [0.1, 0.15) is 41.5 Å². The number of nitrogens with zero attached hydrogens (tertiary/aromatic N) is 2. The highest BCUT2D eigenvalue weighted by atomic mass is 15.6. The first-order valence-corrected chi connectivity index (χ1v) is 8.81. The van der Waals surface area contributed by atoms with E-state index in [0.29, 0.717) is 0 Å². The SMILES string of the molecule is Cc1cc(C)cc(CN(Cc2ccccc2)N2CCCCC2)c1. The van der Waals surface area contributed by atoms with Gasteiger partial charge < -0.3 is 0 Å². The molecule has 122 valence electrons. The van der Waals surface area contributed by atoms with E-state index in [0.717, 1.165) is 13.1 Å². The summed E-state index contributed by atoms with van der Waals surface area (Å²) in [7, 11) is 0. The van der Waals surface area contributed by atoms with E-state index < -0.39 is 0 Å². The van der Waals surface area contributed by atoms with E-state index in [9.17, 15) is 0 Å². The van der Waals surface area contributed by atoms with Crippen LogP contribution in [0.3, 0.4) is 0 Å². The van der Waals surface area contributed by atoms with E-state index in [1.807, 2.05) is 0 Å². The van der Waals surface area contributed by atoms with Crippen LogP contribution < -0.4 is 0 Å². The second kappa shape index (κ2) is 7.76. The lowest BCUT2D eigenvalue weighted by Crippen LogP contribution is -2.44. The van der Waals surface area contributed by atoms with E-state index in [2.05, 4.69) is 72.4 Å². The van der Waals surface area contributed by atoms with Gasteiger partial charge in [-0.05, 0) is 37.8 Å². The van der Waals surface area contributed by atoms with Crippen molar-refractivity contribution in [1.82, 2.24) is 10.0 Å². The zero-order chi connectivity index (χ0) is 16.1. The molecule has 2 aromatic rings. The fourth-order valence-corrected chi connectivity index (χ4v) is 3.58. The Labute approximate surface area is 140 Å². The van der Waals surface area contributed by atoms with Crippen LogP contribution in [0.4, 0.5) is 0 Å². The van der Waals surface area contributed by atoms with Gasteiger partial charge in [-0.1, -0.05) is 66.1 Å². The normalized spacial score (nSPS) is 16.0. The Morgan fingerprint density at radius 2 is 1.39 bits per heavy atom. The number of hydrazine groups is 1. The highest BCUT2D eigenvalue weighted by Gasteiger charge is 2.19. The van der Waals surface area contributed by atoms with Crippen LogP contribution in [0.25, 0.3) is 0 Å². The van der Waals surface area contributed by atoms with E-state index in [1.165, 1.54) is 54.6 Å². The quantitative estimate of drug-likeness (QED) is 0.789. The molecule has 0 saturated carbocycles. The maximum Gasteiger partial charge on any atom is 0.0388 e. The topological polar surface area (TPSA) is 6.48 Å². The van der Waals surface area contributed by atoms with Gasteiger partial charge >= 0.3 is 0 Å². The predicted molar refractivity (Wildman–Crippen MR) is 97.0 cm³/mol. The van der Waals surface area contributed by atoms with Gasteiger partial charge in [0.05, 0.1) is 0 Å². The fourth-order valence-electron chi connectivity index (χ4n) is 3.58. The van der Waals surface area contributed by atoms with E-state index in [-0.39, 0.29) is 0 Å². The molecular formula is C21H28N2. The molecule has 23 heavy (non-hydrogen) atoms. The van der Waals surface area contributed by atoms with Gasteiger partial charge in [0.15, 0.2) is 0 Å². The van der Waals surface area contributed by atoms with Crippen molar-refractivity contribution in [1.29, 1.82) is 0 Å². The smallest absolute Gasteiger partial charge is 0.0388 e. The highest BCUT2D eigenvalue weighted by Crippen LogP contribution is 2.19. The number of benzene rings is 2. The molecule has 0 aliphatic carbocycles. The van der Waals surface area contributed by atoms with Crippen LogP contribution in [0.15, 0.2) is 48.5 Å². The third kappa shape index (κ3) is 4.66. The monoisotopic (exact) mass is 308 g/mol. The fraction of sp³-hybridized carbons (Fsp3) is 0.429. The molecule has 2 aromatic carbocycles. The van der Waals surface area contributed by atoms with Crippen LogP contribution in [-0.4, -0.2) is 23.1 Å². The number of piperidine rings is 1. The lowest BCUT2D eigenvalue weighted by molar-refractivity contribution is -0.0544. The molecule has 2 nitrogen and oxygen atoms in total. The predicted octanol–water partition coefficient (Wildman–Crippen LogP) is 4.71. The van der Waals surface area contributed by atoms with Crippen LogP contribution in [0, 0.1) is 13.8 Å². The molecule has 1 fully saturated rings. The van der Waals surface area contributed by atoms with Gasteiger partial charge in [0.25, 0.3) is 0 Å². The minimum absolute atomic E-state index is 0.994. The molecule has 0 spiro atoms. The molecule has 1 aliphatic rings. The van der Waals surface area contributed by atoms with Crippen LogP contribution in [0.2, 0.25) is 0 Å². The summed E-state index contributed by atoms with van der Waals surface area (Å²) >= 11 is 0. The van der Waals surface area contributed by atoms with Crippen molar-refractivity contribution < 1.29 is 0 Å². The number of hydrogen-bond donors (Lipinski definition) is 0. The molecule has 0 N–H and O–H groups in total. The maximum atomic E-state index is 2.56. The summed E-state index contributed by atoms with van der Waals surface area (Å²) in [6.07, 6.45) is 4.01. The van der Waals surface area contributed by atoms with E-state index in [1.54, 1.807) is 0 Å². The van der Waals surface area contributed by atoms with Crippen LogP contribution in [0.5, 0.6) is 0 Å². The second-order valence-corrected chi connectivity index (χ2v) is 6.82. The summed E-state index contributed by atoms with van der Waals surface area (Å²) < 4.78 is 0. The minimum atomic E-state index is 0.994. The maximum absolute atomic E-state index is 2.56. The van der Waals surface area contributed by atoms with Gasteiger partial charge in [0, 0.05) is 26.2 Å². The second-order valence-electron chi connectivity index (χ2n) is 6.82. The van der Waals surface area contributed by atoms with Crippen molar-refractivity contribution in [3.63, 3.8) is 0 Å². The summed E-state index contributed by atoms with van der Waals surface area (Å²) in [5, 5.41) is 5.11. The highest BCUT2D eigenvalue weighted by molar-refractivity contribution is 5.28. The Balaban J connectivity index is 1.78. The molecule has 0 unspecified atom stereocenters. The van der Waals surface area contributed by atoms with Crippen molar-refractivity contribution in [2.45, 2.75) is 46.2 Å². The largest absolute Gasteiger partial charge is 0.241 e. The molecule has 0 aromatic heterocycles. The summed E-state index contributed by atoms with van der Waals surface area (Å²) in [6, 6.07) is 17.8. The first kappa shape index (κ1) is 16.2. The van der Waals surface area contributed by atoms with E-state index >= 15 is 0 Å². The first-order valence-electron chi connectivity index (χ1n) is 8.81. The van der Waals surface area contributed by atoms with Crippen molar-refractivity contribution in [3.05, 3.63) is 70.8 Å². The Bertz CT molecular complexity index is 595. The molecule has 1 aliphatic heterocycles. The zero-order valence-electron chi connectivity index (χ0n) is 14.5. The molecule has 1 saturated heterocycles. The Morgan fingerprint density at radius 3 is 2.04 bits per heavy atom. The number of aryl methyl sites for hydroxylation is 2. The average molecular weight is 308 g/mol. The third-order valence-corrected chi connectivity index (χ3v) is 4.59. The first-order chi connectivity index (χ1) is 11.2. The molecule has 0 amide bonds. The minimum Gasteiger partial charge on any atom is -0.241 e. The lowest BCUT2D eigenvalue weighted by atomic mass is 10.1. The molecule has 0 bridgehead atoms. The van der Waals surface area contributed by atoms with Crippen molar-refractivity contribution in [2.75, 3.05) is 13.1 Å². The molecule has 2 heteroatoms. The zero-order valence-corrected chi connectivity index (χ0v) is 14.5. The van der Waals surface area contributed by atoms with Gasteiger partial charge in [0.1, 0.15) is 0 Å². The van der Waals surface area contributed by atoms with Crippen molar-refractivity contribution >= 4 is 0 Å². The lowest BCUT2D eigenvalue weighted by Gasteiger charge is -2.38. The summed E-state index contributed by atoms with van der Waals surface area (Å²) in [5.74, 6) is 0. The van der Waals surface area contributed by atoms with Gasteiger partial charge in [0.2, 0.25) is 0 Å². The molecule has 1 heterocycles. The Kier molecular flexibility index (Phi) is 5.47. The van der Waals surface area contributed by atoms with Crippen LogP contribution in [-0.2, 0) is 13.1 Å². The Morgan fingerprint density at radius 1 is 0.783 bits per heavy atom. The summed E-state index contributed by atoms with van der Waals surface area (Å²) in [6.45, 7) is 8.76. The molecule has 3 rings (SSSR count). The van der Waals surface area contributed by atoms with Gasteiger partial charge in [-0.2, -0.15) is 0 Å². The number of rotatable bonds is 5.